The molecule has 196 valence electrons. The first-order chi connectivity index (χ1) is 16.3. The summed E-state index contributed by atoms with van der Waals surface area (Å²) in [6.45, 7) is 10.7. The Morgan fingerprint density at radius 3 is 1.91 bits per heavy atom. The van der Waals surface area contributed by atoms with E-state index in [0.717, 1.165) is 0 Å². The van der Waals surface area contributed by atoms with Crippen molar-refractivity contribution in [1.29, 1.82) is 0 Å². The highest BCUT2D eigenvalue weighted by molar-refractivity contribution is 5.77. The van der Waals surface area contributed by atoms with Gasteiger partial charge in [-0.05, 0) is 42.4 Å². The zero-order valence-corrected chi connectivity index (χ0v) is 21.2. The van der Waals surface area contributed by atoms with Crippen LogP contribution in [0.1, 0.15) is 65.9 Å². The van der Waals surface area contributed by atoms with Gasteiger partial charge < -0.3 is 29.8 Å². The van der Waals surface area contributed by atoms with Gasteiger partial charge in [0.05, 0.1) is 13.2 Å². The molecule has 0 radical (unpaired) electrons. The number of carbonyl (C=O) groups excluding carboxylic acids is 3. The number of carboxylic acids is 1. The van der Waals surface area contributed by atoms with Gasteiger partial charge in [-0.25, -0.2) is 4.79 Å². The lowest BCUT2D eigenvalue weighted by atomic mass is 9.82. The molecular weight excluding hydrogens is 458 g/mol. The van der Waals surface area contributed by atoms with Crippen molar-refractivity contribution in [3.8, 4) is 11.5 Å². The Hall–Kier alpha value is -3.14. The summed E-state index contributed by atoms with van der Waals surface area (Å²) < 4.78 is 20.7. The van der Waals surface area contributed by atoms with E-state index in [0.29, 0.717) is 5.56 Å². The smallest absolute Gasteiger partial charge is 0.480 e. The molecule has 0 saturated carbocycles. The Kier molecular flexibility index (Phi) is 12.2. The fourth-order valence-electron chi connectivity index (χ4n) is 3.40. The fraction of sp³-hybridized carbons (Fsp3) is 0.600. The van der Waals surface area contributed by atoms with E-state index < -0.39 is 41.9 Å². The lowest BCUT2D eigenvalue weighted by Gasteiger charge is -2.28. The predicted molar refractivity (Wildman–Crippen MR) is 127 cm³/mol. The van der Waals surface area contributed by atoms with Crippen molar-refractivity contribution in [1.82, 2.24) is 0 Å². The molecule has 0 amide bonds. The van der Waals surface area contributed by atoms with Gasteiger partial charge >= 0.3 is 24.1 Å². The lowest BCUT2D eigenvalue weighted by Crippen LogP contribution is -2.40. The van der Waals surface area contributed by atoms with Crippen molar-refractivity contribution in [3.63, 3.8) is 0 Å². The molecular formula is C25H37NO9. The summed E-state index contributed by atoms with van der Waals surface area (Å²) in [6.07, 6.45) is -0.584. The number of carbonyl (C=O) groups is 4. The largest absolute Gasteiger partial charge is 0.508 e. The highest BCUT2D eigenvalue weighted by Crippen LogP contribution is 2.36. The Bertz CT molecular complexity index is 882. The maximum Gasteiger partial charge on any atom is 0.508 e. The average molecular weight is 496 g/mol. The number of ether oxygens (including phenoxy) is 4. The molecule has 3 N–H and O–H groups in total. The van der Waals surface area contributed by atoms with Gasteiger partial charge in [0.2, 0.25) is 0 Å². The second kappa shape index (κ2) is 14.3. The zero-order valence-electron chi connectivity index (χ0n) is 21.2. The van der Waals surface area contributed by atoms with Crippen LogP contribution in [0.4, 0.5) is 4.79 Å². The number of aliphatic carboxylic acids is 1. The highest BCUT2D eigenvalue weighted by Gasteiger charge is 2.33. The van der Waals surface area contributed by atoms with Crippen molar-refractivity contribution < 1.29 is 43.2 Å². The van der Waals surface area contributed by atoms with E-state index in [-0.39, 0.29) is 49.4 Å². The molecule has 35 heavy (non-hydrogen) atoms. The van der Waals surface area contributed by atoms with Gasteiger partial charge in [-0.15, -0.1) is 0 Å². The molecule has 1 aromatic carbocycles. The molecule has 10 nitrogen and oxygen atoms in total. The normalized spacial score (nSPS) is 13.6. The van der Waals surface area contributed by atoms with Crippen LogP contribution in [0.25, 0.3) is 0 Å². The number of benzene rings is 1. The SMILES string of the molecule is CCOC(=O)OCC(C)C(c1ccc(OC(=O)CC(C)C)c(OC(=O)CC(C)C)c1)[C@H](N)C(=O)O. The monoisotopic (exact) mass is 495 g/mol. The molecule has 0 fully saturated rings. The van der Waals surface area contributed by atoms with Gasteiger partial charge in [-0.2, -0.15) is 0 Å². The molecule has 0 saturated heterocycles. The van der Waals surface area contributed by atoms with Crippen LogP contribution in [-0.4, -0.2) is 48.4 Å². The molecule has 2 unspecified atom stereocenters. The van der Waals surface area contributed by atoms with E-state index in [1.165, 1.54) is 12.1 Å². The molecule has 0 aliphatic carbocycles. The molecule has 0 aromatic heterocycles. The summed E-state index contributed by atoms with van der Waals surface area (Å²) in [4.78, 5) is 48.0. The maximum absolute atomic E-state index is 12.4. The van der Waals surface area contributed by atoms with Gasteiger partial charge in [-0.1, -0.05) is 40.7 Å². The maximum atomic E-state index is 12.4. The molecule has 0 spiro atoms. The molecule has 10 heteroatoms. The minimum Gasteiger partial charge on any atom is -0.480 e. The Balaban J connectivity index is 3.35. The minimum absolute atomic E-state index is 0.0219. The molecule has 0 aliphatic heterocycles. The van der Waals surface area contributed by atoms with Crippen LogP contribution in [-0.2, 0) is 23.9 Å². The lowest BCUT2D eigenvalue weighted by molar-refractivity contribution is -0.139. The quantitative estimate of drug-likeness (QED) is 0.304. The van der Waals surface area contributed by atoms with Crippen molar-refractivity contribution in [2.45, 2.75) is 66.3 Å². The van der Waals surface area contributed by atoms with Crippen LogP contribution in [0.5, 0.6) is 11.5 Å². The number of esters is 2. The summed E-state index contributed by atoms with van der Waals surface area (Å²) in [6, 6.07) is 3.06. The third kappa shape index (κ3) is 10.3. The number of carboxylic acid groups (broad SMARTS) is 1. The first kappa shape index (κ1) is 29.9. The van der Waals surface area contributed by atoms with E-state index in [2.05, 4.69) is 0 Å². The summed E-state index contributed by atoms with van der Waals surface area (Å²) in [7, 11) is 0. The third-order valence-electron chi connectivity index (χ3n) is 4.96. The number of hydrogen-bond donors (Lipinski definition) is 2. The summed E-state index contributed by atoms with van der Waals surface area (Å²) >= 11 is 0. The Labute approximate surface area is 206 Å². The topological polar surface area (TPSA) is 151 Å². The highest BCUT2D eigenvalue weighted by atomic mass is 16.7. The molecule has 0 aliphatic rings. The zero-order chi connectivity index (χ0) is 26.7. The van der Waals surface area contributed by atoms with Gasteiger partial charge in [0, 0.05) is 18.8 Å². The number of nitrogens with two attached hydrogens (primary N) is 1. The summed E-state index contributed by atoms with van der Waals surface area (Å²) in [5.74, 6) is -3.55. The Morgan fingerprint density at radius 1 is 0.886 bits per heavy atom. The average Bonchev–Trinajstić information content (AvgIpc) is 2.73. The van der Waals surface area contributed by atoms with Gasteiger partial charge in [0.15, 0.2) is 11.5 Å². The second-order valence-corrected chi connectivity index (χ2v) is 9.21. The third-order valence-corrected chi connectivity index (χ3v) is 4.96. The standard InChI is InChI=1S/C25H37NO9/c1-7-32-25(31)33-13-16(6)22(23(26)24(29)30)17-8-9-18(34-20(27)10-14(2)3)19(12-17)35-21(28)11-15(4)5/h8-9,12,14-16,22-23H,7,10-11,13,26H2,1-6H3,(H,29,30)/t16?,22?,23-/m0/s1. The van der Waals surface area contributed by atoms with Crippen LogP contribution < -0.4 is 15.2 Å². The van der Waals surface area contributed by atoms with Crippen LogP contribution in [0, 0.1) is 17.8 Å². The van der Waals surface area contributed by atoms with Crippen LogP contribution in [0.2, 0.25) is 0 Å². The molecule has 1 aromatic rings. The molecule has 3 atom stereocenters. The van der Waals surface area contributed by atoms with E-state index >= 15 is 0 Å². The number of rotatable bonds is 13. The minimum atomic E-state index is -1.36. The van der Waals surface area contributed by atoms with E-state index in [1.54, 1.807) is 19.9 Å². The van der Waals surface area contributed by atoms with Crippen molar-refractivity contribution in [2.24, 2.45) is 23.5 Å². The molecule has 1 rings (SSSR count). The van der Waals surface area contributed by atoms with Crippen LogP contribution >= 0.6 is 0 Å². The van der Waals surface area contributed by atoms with Gasteiger partial charge in [0.25, 0.3) is 0 Å². The van der Waals surface area contributed by atoms with Crippen LogP contribution in [0.15, 0.2) is 18.2 Å². The molecule has 0 heterocycles. The van der Waals surface area contributed by atoms with E-state index in [1.807, 2.05) is 27.7 Å². The van der Waals surface area contributed by atoms with Crippen molar-refractivity contribution >= 4 is 24.1 Å². The van der Waals surface area contributed by atoms with E-state index in [4.69, 9.17) is 24.7 Å². The number of hydrogen-bond acceptors (Lipinski definition) is 9. The van der Waals surface area contributed by atoms with Crippen molar-refractivity contribution in [3.05, 3.63) is 23.8 Å². The summed E-state index contributed by atoms with van der Waals surface area (Å²) in [5, 5.41) is 9.58. The van der Waals surface area contributed by atoms with Crippen molar-refractivity contribution in [2.75, 3.05) is 13.2 Å². The molecule has 0 bridgehead atoms. The van der Waals surface area contributed by atoms with E-state index in [9.17, 15) is 24.3 Å². The van der Waals surface area contributed by atoms with Gasteiger partial charge in [-0.3, -0.25) is 14.4 Å². The van der Waals surface area contributed by atoms with Gasteiger partial charge in [0.1, 0.15) is 6.04 Å². The predicted octanol–water partition coefficient (Wildman–Crippen LogP) is 3.89. The Morgan fingerprint density at radius 2 is 1.43 bits per heavy atom. The fourth-order valence-corrected chi connectivity index (χ4v) is 3.40. The first-order valence-electron chi connectivity index (χ1n) is 11.7. The first-order valence-corrected chi connectivity index (χ1v) is 11.7. The summed E-state index contributed by atoms with van der Waals surface area (Å²) in [5.41, 5.74) is 6.40. The van der Waals surface area contributed by atoms with Crippen LogP contribution in [0.3, 0.4) is 0 Å². The second-order valence-electron chi connectivity index (χ2n) is 9.21.